The molecular formula is C30H47N7O. The zero-order chi connectivity index (χ0) is 27.4. The highest BCUT2D eigenvalue weighted by atomic mass is 16.2. The van der Waals surface area contributed by atoms with Crippen LogP contribution in [0.3, 0.4) is 0 Å². The summed E-state index contributed by atoms with van der Waals surface area (Å²) in [6.45, 7) is 17.9. The summed E-state index contributed by atoms with van der Waals surface area (Å²) in [5.74, 6) is 1.52. The first-order valence-electron chi connectivity index (χ1n) is 14.6. The van der Waals surface area contributed by atoms with Gasteiger partial charge in [0.1, 0.15) is 6.33 Å². The van der Waals surface area contributed by atoms with Gasteiger partial charge in [0, 0.05) is 29.4 Å². The van der Waals surface area contributed by atoms with Crippen LogP contribution in [0.2, 0.25) is 0 Å². The first-order valence-corrected chi connectivity index (χ1v) is 14.6. The first-order chi connectivity index (χ1) is 18.1. The second-order valence-corrected chi connectivity index (χ2v) is 12.3. The highest BCUT2D eigenvalue weighted by Gasteiger charge is 2.29. The third-order valence-corrected chi connectivity index (χ3v) is 7.98. The Balaban J connectivity index is 1.43. The molecule has 4 rings (SSSR count). The normalized spacial score (nSPS) is 18.4. The number of aromatic amines is 1. The molecule has 0 unspecified atom stereocenters. The van der Waals surface area contributed by atoms with Crippen molar-refractivity contribution in [3.05, 3.63) is 35.4 Å². The fourth-order valence-corrected chi connectivity index (χ4v) is 5.70. The Hall–Kier alpha value is -2.74. The van der Waals surface area contributed by atoms with Gasteiger partial charge in [-0.2, -0.15) is 10.2 Å². The van der Waals surface area contributed by atoms with E-state index in [-0.39, 0.29) is 17.9 Å². The van der Waals surface area contributed by atoms with E-state index < -0.39 is 0 Å². The van der Waals surface area contributed by atoms with E-state index in [1.807, 2.05) is 13.1 Å². The van der Waals surface area contributed by atoms with Gasteiger partial charge in [-0.1, -0.05) is 41.5 Å². The Morgan fingerprint density at radius 1 is 1.08 bits per heavy atom. The number of carbonyl (C=O) groups excluding carboxylic acids is 1. The summed E-state index contributed by atoms with van der Waals surface area (Å²) >= 11 is 0. The molecule has 0 spiro atoms. The van der Waals surface area contributed by atoms with Gasteiger partial charge in [-0.15, -0.1) is 0 Å². The van der Waals surface area contributed by atoms with Crippen molar-refractivity contribution >= 4 is 11.6 Å². The molecule has 3 aromatic rings. The van der Waals surface area contributed by atoms with Gasteiger partial charge in [-0.25, -0.2) is 9.50 Å². The number of H-pyrrole nitrogens is 1. The Morgan fingerprint density at radius 3 is 2.34 bits per heavy atom. The average molecular weight is 522 g/mol. The minimum absolute atomic E-state index is 0.0744. The zero-order valence-corrected chi connectivity index (χ0v) is 24.4. The third kappa shape index (κ3) is 6.63. The molecule has 208 valence electrons. The summed E-state index contributed by atoms with van der Waals surface area (Å²) in [7, 11) is 0. The number of fused-ring (bicyclic) bond motifs is 1. The number of nitrogens with zero attached hydrogens (tertiary/aromatic N) is 5. The van der Waals surface area contributed by atoms with Gasteiger partial charge in [0.25, 0.3) is 5.91 Å². The third-order valence-electron chi connectivity index (χ3n) is 7.98. The van der Waals surface area contributed by atoms with Gasteiger partial charge in [0.2, 0.25) is 0 Å². The molecule has 0 aliphatic heterocycles. The summed E-state index contributed by atoms with van der Waals surface area (Å²) in [6.07, 6.45) is 10.3. The van der Waals surface area contributed by atoms with E-state index in [0.29, 0.717) is 11.7 Å². The largest absolute Gasteiger partial charge is 0.348 e. The summed E-state index contributed by atoms with van der Waals surface area (Å²) in [4.78, 5) is 20.5. The second-order valence-electron chi connectivity index (χ2n) is 12.3. The fourth-order valence-electron chi connectivity index (χ4n) is 5.70. The topological polar surface area (TPSA) is 91.2 Å². The molecular weight excluding hydrogens is 474 g/mol. The van der Waals surface area contributed by atoms with E-state index in [1.165, 1.54) is 25.9 Å². The molecule has 0 atom stereocenters. The number of hydrogen-bond acceptors (Lipinski definition) is 5. The van der Waals surface area contributed by atoms with E-state index in [9.17, 15) is 4.79 Å². The SMILES string of the molecule is Cc1cc(-c2[nH]nc(C(=O)NC3CCC(N(CCC(C)C)CCC(C)C)CC3)c2C(C)C)cn2ncnc12. The fraction of sp³-hybridized carbons (Fsp3) is 0.667. The van der Waals surface area contributed by atoms with Crippen LogP contribution in [0.1, 0.15) is 108 Å². The predicted octanol–water partition coefficient (Wildman–Crippen LogP) is 5.99. The van der Waals surface area contributed by atoms with Gasteiger partial charge in [-0.3, -0.25) is 9.89 Å². The number of pyridine rings is 1. The molecule has 1 saturated carbocycles. The summed E-state index contributed by atoms with van der Waals surface area (Å²) < 4.78 is 1.78. The van der Waals surface area contributed by atoms with Crippen LogP contribution in [-0.2, 0) is 0 Å². The molecule has 8 nitrogen and oxygen atoms in total. The minimum atomic E-state index is -0.0744. The van der Waals surface area contributed by atoms with Gasteiger partial charge in [0.05, 0.1) is 5.69 Å². The Kier molecular flexibility index (Phi) is 9.23. The quantitative estimate of drug-likeness (QED) is 0.324. The lowest BCUT2D eigenvalue weighted by Gasteiger charge is -2.38. The molecule has 1 amide bonds. The van der Waals surface area contributed by atoms with Gasteiger partial charge < -0.3 is 10.2 Å². The Labute approximate surface area is 228 Å². The molecule has 0 saturated heterocycles. The standard InChI is InChI=1S/C30H47N7O/c1-19(2)12-14-36(15-13-20(3)4)25-10-8-24(9-11-25)33-30(38)28-26(21(5)6)27(34-35-28)23-16-22(7)29-31-18-32-37(29)17-23/h16-21,24-25H,8-15H2,1-7H3,(H,33,38)(H,34,35). The van der Waals surface area contributed by atoms with Crippen molar-refractivity contribution in [2.24, 2.45) is 11.8 Å². The van der Waals surface area contributed by atoms with Crippen LogP contribution >= 0.6 is 0 Å². The number of aryl methyl sites for hydroxylation is 1. The second kappa shape index (κ2) is 12.4. The van der Waals surface area contributed by atoms with Crippen LogP contribution in [-0.4, -0.2) is 60.8 Å². The highest BCUT2D eigenvalue weighted by Crippen LogP contribution is 2.32. The molecule has 0 radical (unpaired) electrons. The maximum Gasteiger partial charge on any atom is 0.272 e. The first kappa shape index (κ1) is 28.3. The average Bonchev–Trinajstić information content (AvgIpc) is 3.52. The maximum absolute atomic E-state index is 13.5. The smallest absolute Gasteiger partial charge is 0.272 e. The lowest BCUT2D eigenvalue weighted by Crippen LogP contribution is -2.45. The van der Waals surface area contributed by atoms with E-state index in [2.05, 4.69) is 78.1 Å². The van der Waals surface area contributed by atoms with Crippen molar-refractivity contribution in [2.45, 2.75) is 105 Å². The predicted molar refractivity (Wildman–Crippen MR) is 153 cm³/mol. The molecule has 3 aromatic heterocycles. The van der Waals surface area contributed by atoms with Crippen LogP contribution in [0.15, 0.2) is 18.6 Å². The van der Waals surface area contributed by atoms with Crippen molar-refractivity contribution in [3.8, 4) is 11.3 Å². The van der Waals surface area contributed by atoms with E-state index in [0.717, 1.165) is 65.6 Å². The molecule has 1 fully saturated rings. The number of rotatable bonds is 11. The molecule has 0 bridgehead atoms. The Bertz CT molecular complexity index is 1190. The van der Waals surface area contributed by atoms with Crippen LogP contribution in [0, 0.1) is 18.8 Å². The number of aromatic nitrogens is 5. The van der Waals surface area contributed by atoms with E-state index in [1.54, 1.807) is 10.8 Å². The van der Waals surface area contributed by atoms with Crippen LogP contribution in [0.25, 0.3) is 16.9 Å². The Morgan fingerprint density at radius 2 is 1.74 bits per heavy atom. The molecule has 38 heavy (non-hydrogen) atoms. The van der Waals surface area contributed by atoms with Crippen molar-refractivity contribution in [2.75, 3.05) is 13.1 Å². The number of hydrogen-bond donors (Lipinski definition) is 2. The maximum atomic E-state index is 13.5. The van der Waals surface area contributed by atoms with Crippen LogP contribution in [0.5, 0.6) is 0 Å². The van der Waals surface area contributed by atoms with E-state index >= 15 is 0 Å². The summed E-state index contributed by atoms with van der Waals surface area (Å²) in [5, 5.41) is 15.3. The number of carbonyl (C=O) groups is 1. The number of nitrogens with one attached hydrogen (secondary N) is 2. The highest BCUT2D eigenvalue weighted by molar-refractivity contribution is 5.96. The molecule has 0 aromatic carbocycles. The summed E-state index contributed by atoms with van der Waals surface area (Å²) in [6, 6.07) is 2.90. The lowest BCUT2D eigenvalue weighted by atomic mass is 9.89. The van der Waals surface area contributed by atoms with Crippen molar-refractivity contribution in [3.63, 3.8) is 0 Å². The van der Waals surface area contributed by atoms with Gasteiger partial charge in [0.15, 0.2) is 11.3 Å². The zero-order valence-electron chi connectivity index (χ0n) is 24.4. The molecule has 2 N–H and O–H groups in total. The molecule has 8 heteroatoms. The van der Waals surface area contributed by atoms with Crippen molar-refractivity contribution in [1.29, 1.82) is 0 Å². The molecule has 1 aliphatic carbocycles. The minimum Gasteiger partial charge on any atom is -0.348 e. The molecule has 3 heterocycles. The van der Waals surface area contributed by atoms with Crippen LogP contribution in [0.4, 0.5) is 0 Å². The van der Waals surface area contributed by atoms with Crippen molar-refractivity contribution < 1.29 is 4.79 Å². The molecule has 1 aliphatic rings. The van der Waals surface area contributed by atoms with E-state index in [4.69, 9.17) is 0 Å². The van der Waals surface area contributed by atoms with Gasteiger partial charge >= 0.3 is 0 Å². The monoisotopic (exact) mass is 521 g/mol. The summed E-state index contributed by atoms with van der Waals surface area (Å²) in [5.41, 5.74) is 5.15. The van der Waals surface area contributed by atoms with Gasteiger partial charge in [-0.05, 0) is 87.9 Å². The number of amides is 1. The van der Waals surface area contributed by atoms with Crippen LogP contribution < -0.4 is 5.32 Å². The lowest BCUT2D eigenvalue weighted by molar-refractivity contribution is 0.0889. The van der Waals surface area contributed by atoms with Crippen molar-refractivity contribution in [1.82, 2.24) is 35.0 Å².